The molecule has 3 atom stereocenters. The fourth-order valence-corrected chi connectivity index (χ4v) is 3.88. The summed E-state index contributed by atoms with van der Waals surface area (Å²) < 4.78 is 5.44. The lowest BCUT2D eigenvalue weighted by atomic mass is 9.95. The van der Waals surface area contributed by atoms with Crippen molar-refractivity contribution in [3.05, 3.63) is 29.3 Å². The Morgan fingerprint density at radius 2 is 1.69 bits per heavy atom. The number of hydrogen-bond acceptors (Lipinski definition) is 5. The quantitative estimate of drug-likeness (QED) is 0.337. The second-order valence-corrected chi connectivity index (χ2v) is 10.9. The molecular formula is C28H47N3O5. The Hall–Kier alpha value is -2.77. The van der Waals surface area contributed by atoms with E-state index in [0.29, 0.717) is 30.5 Å². The van der Waals surface area contributed by atoms with Crippen molar-refractivity contribution in [1.29, 1.82) is 0 Å². The molecule has 0 aliphatic rings. The maximum Gasteiger partial charge on any atom is 0.408 e. The van der Waals surface area contributed by atoms with Gasteiger partial charge in [-0.3, -0.25) is 9.59 Å². The van der Waals surface area contributed by atoms with Gasteiger partial charge < -0.3 is 25.4 Å². The summed E-state index contributed by atoms with van der Waals surface area (Å²) in [5.41, 5.74) is 0.506. The van der Waals surface area contributed by atoms with Crippen LogP contribution in [0.2, 0.25) is 0 Å². The molecule has 0 saturated carbocycles. The molecule has 204 valence electrons. The third-order valence-electron chi connectivity index (χ3n) is 5.96. The first-order valence-corrected chi connectivity index (χ1v) is 13.1. The number of nitrogens with zero attached hydrogens (tertiary/aromatic N) is 1. The number of phenols is 1. The molecule has 0 bridgehead atoms. The highest BCUT2D eigenvalue weighted by molar-refractivity contribution is 5.92. The van der Waals surface area contributed by atoms with Gasteiger partial charge in [-0.05, 0) is 77.1 Å². The number of hydrogen-bond donors (Lipinski definition) is 3. The van der Waals surface area contributed by atoms with E-state index in [4.69, 9.17) is 4.74 Å². The number of aromatic hydroxyl groups is 1. The Bertz CT molecular complexity index is 878. The van der Waals surface area contributed by atoms with Crippen LogP contribution in [-0.2, 0) is 14.3 Å². The number of rotatable bonds is 12. The topological polar surface area (TPSA) is 108 Å². The number of nitrogens with one attached hydrogen (secondary N) is 2. The van der Waals surface area contributed by atoms with Crippen molar-refractivity contribution in [2.45, 2.75) is 112 Å². The summed E-state index contributed by atoms with van der Waals surface area (Å²) in [4.78, 5) is 41.9. The van der Waals surface area contributed by atoms with Gasteiger partial charge in [0.15, 0.2) is 0 Å². The maximum atomic E-state index is 14.1. The smallest absolute Gasteiger partial charge is 0.408 e. The number of aryl methyl sites for hydroxylation is 1. The predicted molar refractivity (Wildman–Crippen MR) is 143 cm³/mol. The molecule has 3 amide bonds. The van der Waals surface area contributed by atoms with Crippen LogP contribution in [0.1, 0.15) is 98.2 Å². The largest absolute Gasteiger partial charge is 0.508 e. The van der Waals surface area contributed by atoms with E-state index in [0.717, 1.165) is 12.8 Å². The summed E-state index contributed by atoms with van der Waals surface area (Å²) >= 11 is 0. The first kappa shape index (κ1) is 31.3. The summed E-state index contributed by atoms with van der Waals surface area (Å²) in [6.45, 7) is 17.1. The van der Waals surface area contributed by atoms with Crippen LogP contribution in [0.4, 0.5) is 4.79 Å². The summed E-state index contributed by atoms with van der Waals surface area (Å²) in [5, 5.41) is 15.8. The number of carbonyl (C=O) groups is 3. The second-order valence-electron chi connectivity index (χ2n) is 10.9. The van der Waals surface area contributed by atoms with Gasteiger partial charge in [-0.1, -0.05) is 46.1 Å². The minimum Gasteiger partial charge on any atom is -0.508 e. The van der Waals surface area contributed by atoms with Crippen molar-refractivity contribution in [2.24, 2.45) is 5.92 Å². The standard InChI is InChI=1S/C28H47N3O5/c1-10-12-13-16-31(26(34)23(19(5)11-2)30-27(35)36-28(7,8)9)24(25(33)29-18(3)4)21-14-15-22(32)20(6)17-21/h14-15,17-19,23-24,32H,10-13,16H2,1-9H3,(H,29,33)(H,30,35). The molecule has 3 unspecified atom stereocenters. The molecule has 0 heterocycles. The lowest BCUT2D eigenvalue weighted by Gasteiger charge is -2.36. The molecular weight excluding hydrogens is 458 g/mol. The lowest BCUT2D eigenvalue weighted by molar-refractivity contribution is -0.143. The van der Waals surface area contributed by atoms with Crippen LogP contribution in [-0.4, -0.2) is 52.1 Å². The third kappa shape index (κ3) is 9.70. The highest BCUT2D eigenvalue weighted by atomic mass is 16.6. The molecule has 0 radical (unpaired) electrons. The average Bonchev–Trinajstić information content (AvgIpc) is 2.76. The Kier molecular flexibility index (Phi) is 12.2. The highest BCUT2D eigenvalue weighted by Gasteiger charge is 2.38. The van der Waals surface area contributed by atoms with Gasteiger partial charge in [-0.15, -0.1) is 0 Å². The van der Waals surface area contributed by atoms with Gasteiger partial charge in [-0.2, -0.15) is 0 Å². The number of alkyl carbamates (subject to hydrolysis) is 1. The van der Waals surface area contributed by atoms with Crippen molar-refractivity contribution in [3.8, 4) is 5.75 Å². The fourth-order valence-electron chi connectivity index (χ4n) is 3.88. The minimum atomic E-state index is -0.914. The summed E-state index contributed by atoms with van der Waals surface area (Å²) in [6.07, 6.45) is 2.54. The SMILES string of the molecule is CCCCCN(C(=O)C(NC(=O)OC(C)(C)C)C(C)CC)C(C(=O)NC(C)C)c1ccc(O)c(C)c1. The van der Waals surface area contributed by atoms with Gasteiger partial charge in [0, 0.05) is 12.6 Å². The average molecular weight is 506 g/mol. The molecule has 0 aliphatic carbocycles. The van der Waals surface area contributed by atoms with Crippen LogP contribution in [0.15, 0.2) is 18.2 Å². The summed E-state index contributed by atoms with van der Waals surface area (Å²) in [6, 6.07) is 3.05. The second kappa shape index (κ2) is 14.1. The zero-order valence-electron chi connectivity index (χ0n) is 23.6. The summed E-state index contributed by atoms with van der Waals surface area (Å²) in [5.74, 6) is -0.704. The molecule has 0 fully saturated rings. The lowest BCUT2D eigenvalue weighted by Crippen LogP contribution is -2.55. The number of unbranched alkanes of at least 4 members (excludes halogenated alkanes) is 2. The van der Waals surface area contributed by atoms with Gasteiger partial charge >= 0.3 is 6.09 Å². The van der Waals surface area contributed by atoms with E-state index in [2.05, 4.69) is 17.6 Å². The van der Waals surface area contributed by atoms with Gasteiger partial charge in [0.05, 0.1) is 0 Å². The number of ether oxygens (including phenoxy) is 1. The van der Waals surface area contributed by atoms with Crippen LogP contribution in [0.3, 0.4) is 0 Å². The molecule has 3 N–H and O–H groups in total. The van der Waals surface area contributed by atoms with E-state index >= 15 is 0 Å². The van der Waals surface area contributed by atoms with E-state index in [-0.39, 0.29) is 29.5 Å². The third-order valence-corrected chi connectivity index (χ3v) is 5.96. The fraction of sp³-hybridized carbons (Fsp3) is 0.679. The Morgan fingerprint density at radius 3 is 2.19 bits per heavy atom. The molecule has 1 aromatic rings. The van der Waals surface area contributed by atoms with E-state index in [1.807, 2.05) is 27.7 Å². The van der Waals surface area contributed by atoms with Gasteiger partial charge in [0.1, 0.15) is 23.4 Å². The molecule has 8 heteroatoms. The van der Waals surface area contributed by atoms with Crippen molar-refractivity contribution < 1.29 is 24.2 Å². The van der Waals surface area contributed by atoms with Crippen LogP contribution in [0.25, 0.3) is 0 Å². The molecule has 0 aromatic heterocycles. The molecule has 1 aromatic carbocycles. The van der Waals surface area contributed by atoms with E-state index in [1.165, 1.54) is 0 Å². The van der Waals surface area contributed by atoms with Crippen LogP contribution >= 0.6 is 0 Å². The van der Waals surface area contributed by atoms with Crippen molar-refractivity contribution >= 4 is 17.9 Å². The molecule has 0 saturated heterocycles. The molecule has 0 aliphatic heterocycles. The normalized spacial score (nSPS) is 14.1. The van der Waals surface area contributed by atoms with E-state index in [1.54, 1.807) is 50.8 Å². The zero-order valence-corrected chi connectivity index (χ0v) is 23.6. The van der Waals surface area contributed by atoms with Gasteiger partial charge in [0.25, 0.3) is 0 Å². The first-order chi connectivity index (χ1) is 16.7. The number of benzene rings is 1. The Morgan fingerprint density at radius 1 is 1.06 bits per heavy atom. The number of phenolic OH excluding ortho intramolecular Hbond substituents is 1. The Labute approximate surface area is 217 Å². The highest BCUT2D eigenvalue weighted by Crippen LogP contribution is 2.28. The van der Waals surface area contributed by atoms with Gasteiger partial charge in [-0.25, -0.2) is 4.79 Å². The van der Waals surface area contributed by atoms with Gasteiger partial charge in [0.2, 0.25) is 11.8 Å². The van der Waals surface area contributed by atoms with Crippen molar-refractivity contribution in [2.75, 3.05) is 6.54 Å². The zero-order chi connectivity index (χ0) is 27.6. The van der Waals surface area contributed by atoms with Crippen molar-refractivity contribution in [1.82, 2.24) is 15.5 Å². The van der Waals surface area contributed by atoms with Crippen LogP contribution in [0, 0.1) is 12.8 Å². The molecule has 36 heavy (non-hydrogen) atoms. The van der Waals surface area contributed by atoms with Crippen molar-refractivity contribution in [3.63, 3.8) is 0 Å². The molecule has 8 nitrogen and oxygen atoms in total. The monoisotopic (exact) mass is 505 g/mol. The van der Waals surface area contributed by atoms with Crippen LogP contribution < -0.4 is 10.6 Å². The molecule has 0 spiro atoms. The first-order valence-electron chi connectivity index (χ1n) is 13.1. The minimum absolute atomic E-state index is 0.120. The van der Waals surface area contributed by atoms with E-state index in [9.17, 15) is 19.5 Å². The van der Waals surface area contributed by atoms with E-state index < -0.39 is 23.8 Å². The Balaban J connectivity index is 3.55. The predicted octanol–water partition coefficient (Wildman–Crippen LogP) is 5.22. The number of amides is 3. The maximum absolute atomic E-state index is 14.1. The molecule has 1 rings (SSSR count). The van der Waals surface area contributed by atoms with Crippen LogP contribution in [0.5, 0.6) is 5.75 Å². The number of carbonyl (C=O) groups excluding carboxylic acids is 3. The summed E-state index contributed by atoms with van der Waals surface area (Å²) in [7, 11) is 0.